The summed E-state index contributed by atoms with van der Waals surface area (Å²) >= 11 is 5.88. The Morgan fingerprint density at radius 3 is 2.65 bits per heavy atom. The van der Waals surface area contributed by atoms with Crippen molar-refractivity contribution in [2.24, 2.45) is 0 Å². The van der Waals surface area contributed by atoms with Crippen molar-refractivity contribution in [3.8, 4) is 0 Å². The first-order valence-electron chi connectivity index (χ1n) is 6.02. The molecule has 0 aromatic heterocycles. The summed E-state index contributed by atoms with van der Waals surface area (Å²) in [5, 5.41) is 0.0906. The van der Waals surface area contributed by atoms with Crippen LogP contribution in [0, 0.1) is 0 Å². The molecular weight excluding hydrogens is 304 g/mol. The van der Waals surface area contributed by atoms with Crippen LogP contribution < -0.4 is 0 Å². The normalized spacial score (nSPS) is 19.1. The van der Waals surface area contributed by atoms with E-state index in [1.807, 2.05) is 0 Å². The molecule has 0 saturated heterocycles. The number of halogens is 1. The lowest BCUT2D eigenvalue weighted by Crippen LogP contribution is -2.22. The van der Waals surface area contributed by atoms with E-state index in [4.69, 9.17) is 16.3 Å². The Kier molecular flexibility index (Phi) is 4.15. The van der Waals surface area contributed by atoms with Crippen LogP contribution in [0.25, 0.3) is 0 Å². The van der Waals surface area contributed by atoms with Crippen LogP contribution in [0.4, 0.5) is 0 Å². The highest BCUT2D eigenvalue weighted by molar-refractivity contribution is 7.90. The van der Waals surface area contributed by atoms with E-state index >= 15 is 0 Å². The SMILES string of the molecule is CS(=O)(=O)c1ccc(Cl)c(C(=O)O[C@@H]2CCCC2=O)c1. The number of hydrogen-bond acceptors (Lipinski definition) is 5. The van der Waals surface area contributed by atoms with Gasteiger partial charge in [0.1, 0.15) is 0 Å². The van der Waals surface area contributed by atoms with Crippen molar-refractivity contribution < 1.29 is 22.7 Å². The second kappa shape index (κ2) is 5.54. The number of Topliss-reactive ketones (excluding diaryl/α,β-unsaturated/α-hetero) is 1. The summed E-state index contributed by atoms with van der Waals surface area (Å²) in [6.07, 6.45) is 1.86. The fraction of sp³-hybridized carbons (Fsp3) is 0.385. The zero-order chi connectivity index (χ0) is 14.9. The van der Waals surface area contributed by atoms with Gasteiger partial charge in [0.25, 0.3) is 0 Å². The standard InChI is InChI=1S/C13H13ClO5S/c1-20(17,18)8-5-6-10(14)9(7-8)13(16)19-12-4-2-3-11(12)15/h5-7,12H,2-4H2,1H3/t12-/m1/s1. The van der Waals surface area contributed by atoms with Gasteiger partial charge >= 0.3 is 5.97 Å². The van der Waals surface area contributed by atoms with E-state index in [0.717, 1.165) is 6.26 Å². The summed E-state index contributed by atoms with van der Waals surface area (Å²) < 4.78 is 28.0. The van der Waals surface area contributed by atoms with Crippen molar-refractivity contribution in [1.82, 2.24) is 0 Å². The van der Waals surface area contributed by atoms with Gasteiger partial charge in [-0.25, -0.2) is 13.2 Å². The Morgan fingerprint density at radius 2 is 2.10 bits per heavy atom. The lowest BCUT2D eigenvalue weighted by molar-refractivity contribution is -0.124. The molecule has 1 atom stereocenters. The largest absolute Gasteiger partial charge is 0.451 e. The lowest BCUT2D eigenvalue weighted by atomic mass is 10.2. The van der Waals surface area contributed by atoms with Crippen molar-refractivity contribution in [3.05, 3.63) is 28.8 Å². The Labute approximate surface area is 121 Å². The highest BCUT2D eigenvalue weighted by atomic mass is 35.5. The van der Waals surface area contributed by atoms with Gasteiger partial charge in [-0.15, -0.1) is 0 Å². The molecule has 0 aliphatic heterocycles. The first kappa shape index (κ1) is 15.0. The van der Waals surface area contributed by atoms with Crippen molar-refractivity contribution in [1.29, 1.82) is 0 Å². The van der Waals surface area contributed by atoms with Gasteiger partial charge in [0, 0.05) is 12.7 Å². The van der Waals surface area contributed by atoms with Crippen LogP contribution in [0.3, 0.4) is 0 Å². The molecule has 1 saturated carbocycles. The van der Waals surface area contributed by atoms with Crippen molar-refractivity contribution in [2.45, 2.75) is 30.3 Å². The highest BCUT2D eigenvalue weighted by Crippen LogP contribution is 2.24. The molecule has 0 radical (unpaired) electrons. The maximum Gasteiger partial charge on any atom is 0.340 e. The number of ether oxygens (including phenoxy) is 1. The van der Waals surface area contributed by atoms with Gasteiger partial charge in [-0.05, 0) is 31.0 Å². The van der Waals surface area contributed by atoms with Gasteiger partial charge in [-0.1, -0.05) is 11.6 Å². The average Bonchev–Trinajstić information content (AvgIpc) is 2.74. The summed E-state index contributed by atoms with van der Waals surface area (Å²) in [6, 6.07) is 3.81. The van der Waals surface area contributed by atoms with Crippen molar-refractivity contribution in [3.63, 3.8) is 0 Å². The van der Waals surface area contributed by atoms with E-state index in [-0.39, 0.29) is 21.3 Å². The maximum atomic E-state index is 12.0. The Morgan fingerprint density at radius 1 is 1.40 bits per heavy atom. The topological polar surface area (TPSA) is 77.5 Å². The van der Waals surface area contributed by atoms with Gasteiger partial charge in [-0.2, -0.15) is 0 Å². The van der Waals surface area contributed by atoms with Crippen LogP contribution >= 0.6 is 11.6 Å². The summed E-state index contributed by atoms with van der Waals surface area (Å²) in [5.41, 5.74) is -0.0470. The summed E-state index contributed by atoms with van der Waals surface area (Å²) in [7, 11) is -3.45. The molecule has 0 unspecified atom stereocenters. The number of carbonyl (C=O) groups is 2. The average molecular weight is 317 g/mol. The van der Waals surface area contributed by atoms with Crippen molar-refractivity contribution >= 4 is 33.2 Å². The zero-order valence-corrected chi connectivity index (χ0v) is 12.3. The molecule has 0 spiro atoms. The van der Waals surface area contributed by atoms with E-state index in [1.165, 1.54) is 18.2 Å². The third-order valence-corrected chi connectivity index (χ3v) is 4.52. The molecule has 1 aromatic carbocycles. The number of rotatable bonds is 3. The van der Waals surface area contributed by atoms with Crippen LogP contribution in [0.5, 0.6) is 0 Å². The Hall–Kier alpha value is -1.40. The van der Waals surface area contributed by atoms with Crippen LogP contribution in [0.1, 0.15) is 29.6 Å². The van der Waals surface area contributed by atoms with E-state index in [9.17, 15) is 18.0 Å². The zero-order valence-electron chi connectivity index (χ0n) is 10.8. The van der Waals surface area contributed by atoms with Crippen molar-refractivity contribution in [2.75, 3.05) is 6.26 Å². The molecule has 0 N–H and O–H groups in total. The second-order valence-corrected chi connectivity index (χ2v) is 7.09. The molecule has 1 aliphatic carbocycles. The number of hydrogen-bond donors (Lipinski definition) is 0. The molecule has 0 bridgehead atoms. The lowest BCUT2D eigenvalue weighted by Gasteiger charge is -2.11. The number of benzene rings is 1. The molecule has 0 heterocycles. The number of carbonyl (C=O) groups excluding carboxylic acids is 2. The van der Waals surface area contributed by atoms with Crippen LogP contribution in [0.2, 0.25) is 5.02 Å². The fourth-order valence-corrected chi connectivity index (χ4v) is 2.83. The molecule has 1 fully saturated rings. The molecular formula is C13H13ClO5S. The Bertz CT molecular complexity index is 665. The molecule has 0 amide bonds. The number of sulfone groups is 1. The van der Waals surface area contributed by atoms with Gasteiger partial charge < -0.3 is 4.74 Å². The van der Waals surface area contributed by atoms with E-state index in [2.05, 4.69) is 0 Å². The van der Waals surface area contributed by atoms with E-state index in [0.29, 0.717) is 19.3 Å². The monoisotopic (exact) mass is 316 g/mol. The molecule has 1 aliphatic rings. The number of esters is 1. The maximum absolute atomic E-state index is 12.0. The van der Waals surface area contributed by atoms with Crippen LogP contribution in [-0.4, -0.2) is 32.5 Å². The van der Waals surface area contributed by atoms with Gasteiger partial charge in [0.05, 0.1) is 15.5 Å². The highest BCUT2D eigenvalue weighted by Gasteiger charge is 2.29. The minimum atomic E-state index is -3.45. The fourth-order valence-electron chi connectivity index (χ4n) is 1.99. The third kappa shape index (κ3) is 3.19. The first-order chi connectivity index (χ1) is 9.29. The predicted molar refractivity (Wildman–Crippen MR) is 72.6 cm³/mol. The summed E-state index contributed by atoms with van der Waals surface area (Å²) in [6.45, 7) is 0. The smallest absolute Gasteiger partial charge is 0.340 e. The van der Waals surface area contributed by atoms with Crippen LogP contribution in [-0.2, 0) is 19.4 Å². The second-order valence-electron chi connectivity index (χ2n) is 4.67. The van der Waals surface area contributed by atoms with Crippen LogP contribution in [0.15, 0.2) is 23.1 Å². The summed E-state index contributed by atoms with van der Waals surface area (Å²) in [5.74, 6) is -0.894. The minimum absolute atomic E-state index is 0.0217. The van der Waals surface area contributed by atoms with Gasteiger partial charge in [0.15, 0.2) is 21.7 Å². The van der Waals surface area contributed by atoms with Gasteiger partial charge in [-0.3, -0.25) is 4.79 Å². The third-order valence-electron chi connectivity index (χ3n) is 3.08. The van der Waals surface area contributed by atoms with E-state index in [1.54, 1.807) is 0 Å². The minimum Gasteiger partial charge on any atom is -0.451 e. The molecule has 2 rings (SSSR count). The van der Waals surface area contributed by atoms with E-state index < -0.39 is 21.9 Å². The van der Waals surface area contributed by atoms with Gasteiger partial charge in [0.2, 0.25) is 0 Å². The molecule has 1 aromatic rings. The summed E-state index contributed by atoms with van der Waals surface area (Å²) in [4.78, 5) is 23.4. The predicted octanol–water partition coefficient (Wildman–Crippen LogP) is 2.02. The Balaban J connectivity index is 2.27. The molecule has 7 heteroatoms. The molecule has 5 nitrogen and oxygen atoms in total. The number of ketones is 1. The quantitative estimate of drug-likeness (QED) is 0.797. The first-order valence-corrected chi connectivity index (χ1v) is 8.29. The molecule has 108 valence electrons. The molecule has 20 heavy (non-hydrogen) atoms.